The van der Waals surface area contributed by atoms with E-state index in [4.69, 9.17) is 18.0 Å². The minimum Gasteiger partial charge on any atom is -0.389 e. The number of hydrogen-bond donors (Lipinski definition) is 2. The Morgan fingerprint density at radius 1 is 1.45 bits per heavy atom. The van der Waals surface area contributed by atoms with Gasteiger partial charge in [0.1, 0.15) is 4.99 Å². The summed E-state index contributed by atoms with van der Waals surface area (Å²) in [5, 5.41) is 2.52. The number of amides is 1. The predicted octanol–water partition coefficient (Wildman–Crippen LogP) is 3.03. The van der Waals surface area contributed by atoms with Crippen molar-refractivity contribution in [3.63, 3.8) is 0 Å². The van der Waals surface area contributed by atoms with Gasteiger partial charge in [0.2, 0.25) is 5.91 Å². The number of anilines is 1. The molecule has 3 N–H and O–H groups in total. The lowest BCUT2D eigenvalue weighted by Gasteiger charge is -2.13. The lowest BCUT2D eigenvalue weighted by Crippen LogP contribution is -2.19. The summed E-state index contributed by atoms with van der Waals surface area (Å²) in [6, 6.07) is 2.88. The molecule has 8 heteroatoms. The van der Waals surface area contributed by atoms with Crippen LogP contribution in [0.25, 0.3) is 0 Å². The average Bonchev–Trinajstić information content (AvgIpc) is 2.35. The highest BCUT2D eigenvalue weighted by Gasteiger charge is 2.31. The Kier molecular flexibility index (Phi) is 5.82. The fraction of sp³-hybridized carbons (Fsp3) is 0.333. The minimum atomic E-state index is -4.49. The van der Waals surface area contributed by atoms with Gasteiger partial charge < -0.3 is 11.1 Å². The van der Waals surface area contributed by atoms with Crippen molar-refractivity contribution >= 4 is 40.6 Å². The smallest absolute Gasteiger partial charge is 0.389 e. The highest BCUT2D eigenvalue weighted by atomic mass is 32.2. The topological polar surface area (TPSA) is 55.1 Å². The summed E-state index contributed by atoms with van der Waals surface area (Å²) in [5.74, 6) is 0.325. The lowest BCUT2D eigenvalue weighted by molar-refractivity contribution is -0.137. The van der Waals surface area contributed by atoms with E-state index in [9.17, 15) is 18.0 Å². The summed E-state index contributed by atoms with van der Waals surface area (Å²) < 4.78 is 37.9. The molecule has 0 aromatic heterocycles. The van der Waals surface area contributed by atoms with Gasteiger partial charge >= 0.3 is 6.18 Å². The number of halogens is 3. The van der Waals surface area contributed by atoms with Crippen molar-refractivity contribution in [2.45, 2.75) is 12.6 Å². The molecule has 0 fully saturated rings. The van der Waals surface area contributed by atoms with Gasteiger partial charge in [0.25, 0.3) is 0 Å². The summed E-state index contributed by atoms with van der Waals surface area (Å²) in [6.45, 7) is 0. The van der Waals surface area contributed by atoms with Crippen LogP contribution in [0, 0.1) is 0 Å². The molecule has 0 spiro atoms. The molecule has 0 aliphatic carbocycles. The summed E-state index contributed by atoms with van der Waals surface area (Å²) in [4.78, 5) is 11.4. The van der Waals surface area contributed by atoms with Gasteiger partial charge in [-0.1, -0.05) is 12.2 Å². The van der Waals surface area contributed by atoms with Crippen molar-refractivity contribution in [2.75, 3.05) is 17.3 Å². The van der Waals surface area contributed by atoms with E-state index in [0.717, 1.165) is 18.2 Å². The molecular formula is C12H13F3N2OS2. The third-order valence-electron chi connectivity index (χ3n) is 2.42. The van der Waals surface area contributed by atoms with E-state index in [1.165, 1.54) is 11.8 Å². The Hall–Kier alpha value is -1.28. The molecule has 0 aliphatic heterocycles. The Morgan fingerprint density at radius 2 is 2.10 bits per heavy atom. The second-order valence-corrected chi connectivity index (χ2v) is 5.34. The van der Waals surface area contributed by atoms with Crippen LogP contribution in [0.2, 0.25) is 0 Å². The predicted molar refractivity (Wildman–Crippen MR) is 79.0 cm³/mol. The molecule has 0 saturated heterocycles. The highest BCUT2D eigenvalue weighted by Crippen LogP contribution is 2.31. The van der Waals surface area contributed by atoms with Crippen LogP contribution >= 0.6 is 24.0 Å². The second kappa shape index (κ2) is 6.94. The van der Waals surface area contributed by atoms with Gasteiger partial charge in [-0.25, -0.2) is 0 Å². The van der Waals surface area contributed by atoms with Crippen molar-refractivity contribution < 1.29 is 18.0 Å². The van der Waals surface area contributed by atoms with Gasteiger partial charge in [-0.2, -0.15) is 24.9 Å². The fourth-order valence-corrected chi connectivity index (χ4v) is 2.00. The lowest BCUT2D eigenvalue weighted by atomic mass is 10.1. The average molecular weight is 322 g/mol. The van der Waals surface area contributed by atoms with Gasteiger partial charge in [-0.15, -0.1) is 0 Å². The summed E-state index contributed by atoms with van der Waals surface area (Å²) >= 11 is 6.22. The Balaban J connectivity index is 3.02. The van der Waals surface area contributed by atoms with Crippen LogP contribution in [-0.4, -0.2) is 22.9 Å². The largest absolute Gasteiger partial charge is 0.416 e. The van der Waals surface area contributed by atoms with E-state index in [-0.39, 0.29) is 28.6 Å². The molecule has 0 heterocycles. The number of nitrogens with one attached hydrogen (secondary N) is 1. The van der Waals surface area contributed by atoms with Crippen molar-refractivity contribution in [1.29, 1.82) is 0 Å². The quantitative estimate of drug-likeness (QED) is 0.818. The number of benzene rings is 1. The van der Waals surface area contributed by atoms with E-state index in [1.54, 1.807) is 0 Å². The minimum absolute atomic E-state index is 0.00678. The van der Waals surface area contributed by atoms with Gasteiger partial charge in [0.05, 0.1) is 11.3 Å². The van der Waals surface area contributed by atoms with E-state index >= 15 is 0 Å². The van der Waals surface area contributed by atoms with Gasteiger partial charge in [-0.05, 0) is 24.5 Å². The van der Waals surface area contributed by atoms with Crippen LogP contribution in [0.4, 0.5) is 18.9 Å². The number of carbonyl (C=O) groups is 1. The number of alkyl halides is 3. The van der Waals surface area contributed by atoms with Crippen molar-refractivity contribution in [3.8, 4) is 0 Å². The molecule has 0 radical (unpaired) electrons. The first kappa shape index (κ1) is 16.8. The maximum absolute atomic E-state index is 12.6. The van der Waals surface area contributed by atoms with Crippen molar-refractivity contribution in [3.05, 3.63) is 29.3 Å². The molecule has 0 atom stereocenters. The van der Waals surface area contributed by atoms with Gasteiger partial charge in [-0.3, -0.25) is 4.79 Å². The van der Waals surface area contributed by atoms with Crippen molar-refractivity contribution in [2.24, 2.45) is 5.73 Å². The molecule has 0 bridgehead atoms. The highest BCUT2D eigenvalue weighted by molar-refractivity contribution is 7.98. The zero-order valence-electron chi connectivity index (χ0n) is 10.6. The van der Waals surface area contributed by atoms with Gasteiger partial charge in [0, 0.05) is 17.7 Å². The molecule has 1 amide bonds. The van der Waals surface area contributed by atoms with Crippen LogP contribution in [0.15, 0.2) is 18.2 Å². The van der Waals surface area contributed by atoms with Crippen LogP contribution in [-0.2, 0) is 11.0 Å². The molecule has 110 valence electrons. The molecular weight excluding hydrogens is 309 g/mol. The monoisotopic (exact) mass is 322 g/mol. The fourth-order valence-electron chi connectivity index (χ4n) is 1.44. The van der Waals surface area contributed by atoms with Gasteiger partial charge in [0.15, 0.2) is 0 Å². The third kappa shape index (κ3) is 4.68. The Bertz CT molecular complexity index is 518. The zero-order valence-corrected chi connectivity index (χ0v) is 12.2. The van der Waals surface area contributed by atoms with Crippen LogP contribution in [0.5, 0.6) is 0 Å². The Morgan fingerprint density at radius 3 is 2.60 bits per heavy atom. The maximum Gasteiger partial charge on any atom is 0.416 e. The molecule has 0 unspecified atom stereocenters. The first-order chi connectivity index (χ1) is 9.25. The molecule has 0 aliphatic rings. The molecule has 0 saturated carbocycles. The number of rotatable bonds is 5. The van der Waals surface area contributed by atoms with Crippen LogP contribution < -0.4 is 11.1 Å². The number of carbonyl (C=O) groups excluding carboxylic acids is 1. The second-order valence-electron chi connectivity index (χ2n) is 3.91. The SMILES string of the molecule is CSCCC(=O)Nc1ccc(C(F)(F)F)cc1C(N)=S. The van der Waals surface area contributed by atoms with Crippen molar-refractivity contribution in [1.82, 2.24) is 0 Å². The first-order valence-corrected chi connectivity index (χ1v) is 7.35. The van der Waals surface area contributed by atoms with Crippen LogP contribution in [0.3, 0.4) is 0 Å². The number of thioether (sulfide) groups is 1. The Labute approximate surface area is 124 Å². The molecule has 1 aromatic rings. The van der Waals surface area contributed by atoms with E-state index in [0.29, 0.717) is 5.75 Å². The standard InChI is InChI=1S/C12H13F3N2OS2/c1-20-5-4-10(18)17-9-3-2-7(12(13,14)15)6-8(9)11(16)19/h2-3,6H,4-5H2,1H3,(H2,16,19)(H,17,18). The molecule has 3 nitrogen and oxygen atoms in total. The summed E-state index contributed by atoms with van der Waals surface area (Å²) in [7, 11) is 0. The first-order valence-electron chi connectivity index (χ1n) is 5.55. The summed E-state index contributed by atoms with van der Waals surface area (Å²) in [6.07, 6.45) is -2.37. The summed E-state index contributed by atoms with van der Waals surface area (Å²) in [5.41, 5.74) is 4.75. The third-order valence-corrected chi connectivity index (χ3v) is 3.25. The molecule has 20 heavy (non-hydrogen) atoms. The zero-order chi connectivity index (χ0) is 15.3. The number of hydrogen-bond acceptors (Lipinski definition) is 3. The molecule has 1 rings (SSSR count). The number of nitrogens with two attached hydrogens (primary N) is 1. The number of thiocarbonyl (C=S) groups is 1. The normalized spacial score (nSPS) is 11.2. The molecule has 1 aromatic carbocycles. The van der Waals surface area contributed by atoms with E-state index < -0.39 is 11.7 Å². The maximum atomic E-state index is 12.6. The van der Waals surface area contributed by atoms with E-state index in [2.05, 4.69) is 5.32 Å². The van der Waals surface area contributed by atoms with E-state index in [1.807, 2.05) is 6.26 Å². The van der Waals surface area contributed by atoms with Crippen LogP contribution in [0.1, 0.15) is 17.5 Å².